The molecule has 134 valence electrons. The van der Waals surface area contributed by atoms with Crippen molar-refractivity contribution in [2.24, 2.45) is 11.7 Å². The van der Waals surface area contributed by atoms with Gasteiger partial charge in [-0.3, -0.25) is 4.79 Å². The topological polar surface area (TPSA) is 125 Å². The molecule has 9 heteroatoms. The van der Waals surface area contributed by atoms with Gasteiger partial charge in [-0.2, -0.15) is 0 Å². The van der Waals surface area contributed by atoms with Crippen LogP contribution in [-0.2, 0) is 6.42 Å². The Kier molecular flexibility index (Phi) is 3.64. The first kappa shape index (κ1) is 16.1. The van der Waals surface area contributed by atoms with Gasteiger partial charge >= 0.3 is 5.69 Å². The van der Waals surface area contributed by atoms with Gasteiger partial charge in [-0.1, -0.05) is 13.8 Å². The fraction of sp³-hybridized carbons (Fsp3) is 0.294. The lowest BCUT2D eigenvalue weighted by molar-refractivity contribution is 0.0996. The Labute approximate surface area is 147 Å². The molecule has 0 fully saturated rings. The van der Waals surface area contributed by atoms with Crippen LogP contribution in [0.25, 0.3) is 16.9 Å². The number of nitrogens with zero attached hydrogens (tertiary/aromatic N) is 3. The molecule has 0 atom stereocenters. The third-order valence-corrected chi connectivity index (χ3v) is 4.02. The Morgan fingerprint density at radius 1 is 1.31 bits per heavy atom. The van der Waals surface area contributed by atoms with Gasteiger partial charge in [-0.25, -0.2) is 19.3 Å². The lowest BCUT2D eigenvalue weighted by Gasteiger charge is -2.08. The fourth-order valence-corrected chi connectivity index (χ4v) is 2.93. The van der Waals surface area contributed by atoms with Crippen molar-refractivity contribution in [1.29, 1.82) is 0 Å². The van der Waals surface area contributed by atoms with Gasteiger partial charge in [0.1, 0.15) is 11.3 Å². The van der Waals surface area contributed by atoms with E-state index in [1.807, 2.05) is 13.8 Å². The molecule has 2 aromatic heterocycles. The quantitative estimate of drug-likeness (QED) is 0.723. The van der Waals surface area contributed by atoms with Crippen molar-refractivity contribution in [3.63, 3.8) is 0 Å². The van der Waals surface area contributed by atoms with E-state index in [2.05, 4.69) is 15.0 Å². The number of aromatic amines is 1. The van der Waals surface area contributed by atoms with Gasteiger partial charge in [0.25, 0.3) is 5.91 Å². The molecule has 1 aromatic carbocycles. The van der Waals surface area contributed by atoms with Crippen molar-refractivity contribution in [2.45, 2.75) is 20.3 Å². The molecule has 0 radical (unpaired) electrons. The number of amides is 1. The van der Waals surface area contributed by atoms with E-state index < -0.39 is 11.6 Å². The van der Waals surface area contributed by atoms with Crippen LogP contribution in [0.2, 0.25) is 0 Å². The molecular weight excluding hydrogens is 338 g/mol. The number of hydrogen-bond donors (Lipinski definition) is 2. The number of H-pyrrole nitrogens is 1. The minimum atomic E-state index is -0.721. The zero-order chi connectivity index (χ0) is 18.4. The number of rotatable bonds is 4. The van der Waals surface area contributed by atoms with Gasteiger partial charge in [0.2, 0.25) is 6.79 Å². The number of imidazole rings is 1. The SMILES string of the molecule is CC(C)Cc1nc(C(N)=O)c2[nH]c(=O)n(-c3ccc4c(c3)OCO4)c2n1. The summed E-state index contributed by atoms with van der Waals surface area (Å²) in [5.41, 5.74) is 6.06. The Balaban J connectivity index is 1.97. The van der Waals surface area contributed by atoms with Crippen LogP contribution in [0.3, 0.4) is 0 Å². The van der Waals surface area contributed by atoms with E-state index in [1.54, 1.807) is 18.2 Å². The van der Waals surface area contributed by atoms with E-state index in [-0.39, 0.29) is 23.9 Å². The Morgan fingerprint density at radius 3 is 2.81 bits per heavy atom. The number of hydrogen-bond acceptors (Lipinski definition) is 6. The van der Waals surface area contributed by atoms with Crippen LogP contribution >= 0.6 is 0 Å². The number of nitrogens with one attached hydrogen (secondary N) is 1. The molecule has 26 heavy (non-hydrogen) atoms. The lowest BCUT2D eigenvalue weighted by Crippen LogP contribution is -2.17. The number of benzene rings is 1. The highest BCUT2D eigenvalue weighted by Crippen LogP contribution is 2.34. The minimum Gasteiger partial charge on any atom is -0.454 e. The molecule has 4 rings (SSSR count). The summed E-state index contributed by atoms with van der Waals surface area (Å²) >= 11 is 0. The highest BCUT2D eigenvalue weighted by atomic mass is 16.7. The first-order valence-electron chi connectivity index (χ1n) is 8.15. The van der Waals surface area contributed by atoms with Crippen molar-refractivity contribution < 1.29 is 14.3 Å². The number of fused-ring (bicyclic) bond motifs is 2. The van der Waals surface area contributed by atoms with Crippen molar-refractivity contribution in [3.05, 3.63) is 40.2 Å². The number of ether oxygens (including phenoxy) is 2. The number of aromatic nitrogens is 4. The van der Waals surface area contributed by atoms with Crippen LogP contribution in [0.15, 0.2) is 23.0 Å². The zero-order valence-corrected chi connectivity index (χ0v) is 14.3. The van der Waals surface area contributed by atoms with Crippen molar-refractivity contribution >= 4 is 17.1 Å². The molecule has 1 aliphatic heterocycles. The number of carbonyl (C=O) groups is 1. The molecule has 3 N–H and O–H groups in total. The van der Waals surface area contributed by atoms with Crippen LogP contribution in [-0.4, -0.2) is 32.2 Å². The second kappa shape index (κ2) is 5.87. The molecule has 0 saturated carbocycles. The summed E-state index contributed by atoms with van der Waals surface area (Å²) < 4.78 is 12.0. The Bertz CT molecular complexity index is 1080. The maximum Gasteiger partial charge on any atom is 0.332 e. The summed E-state index contributed by atoms with van der Waals surface area (Å²) in [5, 5.41) is 0. The maximum atomic E-state index is 12.6. The molecule has 1 aliphatic rings. The first-order valence-corrected chi connectivity index (χ1v) is 8.15. The average molecular weight is 355 g/mol. The largest absolute Gasteiger partial charge is 0.454 e. The summed E-state index contributed by atoms with van der Waals surface area (Å²) in [6, 6.07) is 5.12. The van der Waals surface area contributed by atoms with Crippen LogP contribution in [0.4, 0.5) is 0 Å². The predicted molar refractivity (Wildman–Crippen MR) is 92.7 cm³/mol. The van der Waals surface area contributed by atoms with E-state index in [0.29, 0.717) is 35.1 Å². The molecule has 0 aliphatic carbocycles. The van der Waals surface area contributed by atoms with E-state index >= 15 is 0 Å². The third kappa shape index (κ3) is 2.57. The zero-order valence-electron chi connectivity index (χ0n) is 14.3. The standard InChI is InChI=1S/C17H17N5O4/c1-8(2)5-12-19-13(15(18)23)14-16(20-12)22(17(24)21-14)9-3-4-10-11(6-9)26-7-25-10/h3-4,6,8H,5,7H2,1-2H3,(H2,18,23)(H,21,24). The number of nitrogens with two attached hydrogens (primary N) is 1. The van der Waals surface area contributed by atoms with Gasteiger partial charge in [0, 0.05) is 12.5 Å². The minimum absolute atomic E-state index is 0.00208. The lowest BCUT2D eigenvalue weighted by atomic mass is 10.1. The second-order valence-corrected chi connectivity index (χ2v) is 6.45. The Hall–Kier alpha value is -3.36. The summed E-state index contributed by atoms with van der Waals surface area (Å²) in [7, 11) is 0. The first-order chi connectivity index (χ1) is 12.4. The summed E-state index contributed by atoms with van der Waals surface area (Å²) in [6.45, 7) is 4.16. The van der Waals surface area contributed by atoms with E-state index in [0.717, 1.165) is 0 Å². The average Bonchev–Trinajstić information content (AvgIpc) is 3.16. The predicted octanol–water partition coefficient (Wildman–Crippen LogP) is 1.13. The van der Waals surface area contributed by atoms with Crippen molar-refractivity contribution in [2.75, 3.05) is 6.79 Å². The molecule has 0 spiro atoms. The van der Waals surface area contributed by atoms with Gasteiger partial charge in [-0.05, 0) is 18.1 Å². The van der Waals surface area contributed by atoms with Crippen molar-refractivity contribution in [3.8, 4) is 17.2 Å². The van der Waals surface area contributed by atoms with Crippen molar-refractivity contribution in [1.82, 2.24) is 19.5 Å². The second-order valence-electron chi connectivity index (χ2n) is 6.45. The summed E-state index contributed by atoms with van der Waals surface area (Å²) in [6.07, 6.45) is 0.552. The molecule has 3 aromatic rings. The van der Waals surface area contributed by atoms with Gasteiger partial charge in [0.15, 0.2) is 22.8 Å². The van der Waals surface area contributed by atoms with E-state index in [1.165, 1.54) is 4.57 Å². The molecule has 3 heterocycles. The Morgan fingerprint density at radius 2 is 2.08 bits per heavy atom. The highest BCUT2D eigenvalue weighted by Gasteiger charge is 2.21. The fourth-order valence-electron chi connectivity index (χ4n) is 2.93. The van der Waals surface area contributed by atoms with Crippen LogP contribution in [0.1, 0.15) is 30.2 Å². The smallest absolute Gasteiger partial charge is 0.332 e. The van der Waals surface area contributed by atoms with Crippen LogP contribution in [0, 0.1) is 5.92 Å². The summed E-state index contributed by atoms with van der Waals surface area (Å²) in [4.78, 5) is 35.7. The molecule has 1 amide bonds. The van der Waals surface area contributed by atoms with Gasteiger partial charge in [0.05, 0.1) is 5.69 Å². The third-order valence-electron chi connectivity index (χ3n) is 4.02. The molecule has 0 unspecified atom stereocenters. The van der Waals surface area contributed by atoms with Gasteiger partial charge < -0.3 is 20.2 Å². The number of carbonyl (C=O) groups excluding carboxylic acids is 1. The highest BCUT2D eigenvalue weighted by molar-refractivity contribution is 6.01. The van der Waals surface area contributed by atoms with E-state index in [4.69, 9.17) is 15.2 Å². The molecule has 0 saturated heterocycles. The molecule has 0 bridgehead atoms. The maximum absolute atomic E-state index is 12.6. The van der Waals surface area contributed by atoms with Crippen LogP contribution < -0.4 is 20.9 Å². The normalized spacial score (nSPS) is 12.9. The monoisotopic (exact) mass is 355 g/mol. The van der Waals surface area contributed by atoms with E-state index in [9.17, 15) is 9.59 Å². The molecule has 9 nitrogen and oxygen atoms in total. The summed E-state index contributed by atoms with van der Waals surface area (Å²) in [5.74, 6) is 1.15. The number of primary amides is 1. The van der Waals surface area contributed by atoms with Gasteiger partial charge in [-0.15, -0.1) is 0 Å². The molecular formula is C17H17N5O4. The van der Waals surface area contributed by atoms with Crippen LogP contribution in [0.5, 0.6) is 11.5 Å².